The smallest absolute Gasteiger partial charge is 0.287 e. The summed E-state index contributed by atoms with van der Waals surface area (Å²) in [5.41, 5.74) is -3.06. The fourth-order valence-corrected chi connectivity index (χ4v) is 4.40. The minimum absolute atomic E-state index is 0.962. The van der Waals surface area contributed by atoms with Gasteiger partial charge < -0.3 is 0 Å². The highest BCUT2D eigenvalue weighted by Gasteiger charge is 2.85. The van der Waals surface area contributed by atoms with Gasteiger partial charge in [0.15, 0.2) is 11.6 Å². The summed E-state index contributed by atoms with van der Waals surface area (Å²) in [6.07, 6.45) is -40.2. The van der Waals surface area contributed by atoms with E-state index < -0.39 is 120 Å². The number of alkyl halides is 17. The number of ketones is 1. The number of carbonyl (C=O) groups excluding carboxylic acids is 1. The first-order chi connectivity index (χ1) is 19.2. The first-order valence-electron chi connectivity index (χ1n) is 9.49. The number of halogens is 22. The molecule has 2 aromatic heterocycles. The molecule has 2 heterocycles. The van der Waals surface area contributed by atoms with Gasteiger partial charge in [0.05, 0.1) is 15.3 Å². The molecule has 0 saturated heterocycles. The van der Waals surface area contributed by atoms with Crippen LogP contribution in [0.2, 0.25) is 0 Å². The molecule has 0 aromatic carbocycles. The fraction of sp³-hybridized carbons (Fsp3) is 0.471. The van der Waals surface area contributed by atoms with E-state index in [1.54, 1.807) is 4.74 Å². The first-order valence-corrected chi connectivity index (χ1v) is 11.1. The summed E-state index contributed by atoms with van der Waals surface area (Å²) in [6.45, 7) is 0. The quantitative estimate of drug-likeness (QED) is 0.191. The normalized spacial score (nSPS) is 17.0. The minimum Gasteiger partial charge on any atom is -0.287 e. The van der Waals surface area contributed by atoms with Gasteiger partial charge in [0.1, 0.15) is 0 Å². The van der Waals surface area contributed by atoms with Crippen molar-refractivity contribution >= 4 is 28.5 Å². The number of hydrogen-bond donors (Lipinski definition) is 0. The minimum atomic E-state index is -8.39. The van der Waals surface area contributed by atoms with Gasteiger partial charge in [0, 0.05) is 0 Å². The van der Waals surface area contributed by atoms with Crippen molar-refractivity contribution < 1.29 is 111 Å². The number of thiophene rings is 2. The molecule has 3 nitrogen and oxygen atoms in total. The van der Waals surface area contributed by atoms with Crippen LogP contribution >= 0.6 is 22.7 Å². The maximum Gasteiger partial charge on any atom is 0.462 e. The number of ether oxygens (including phenoxy) is 2. The van der Waals surface area contributed by atoms with E-state index >= 15 is 0 Å². The summed E-state index contributed by atoms with van der Waals surface area (Å²) in [6, 6.07) is 0. The summed E-state index contributed by atoms with van der Waals surface area (Å²) in [4.78, 5) is 8.12. The van der Waals surface area contributed by atoms with Crippen LogP contribution in [-0.4, -0.2) is 54.2 Å². The van der Waals surface area contributed by atoms with Crippen LogP contribution in [0, 0.1) is 27.7 Å². The molecule has 2 atom stereocenters. The highest BCUT2D eigenvalue weighted by Crippen LogP contribution is 2.57. The lowest BCUT2D eigenvalue weighted by atomic mass is 10.0. The maximum absolute atomic E-state index is 14.9. The van der Waals surface area contributed by atoms with E-state index in [1.165, 1.54) is 4.74 Å². The lowest BCUT2D eigenvalue weighted by molar-refractivity contribution is -0.547. The Morgan fingerprint density at radius 3 is 1.30 bits per heavy atom. The molecule has 0 bridgehead atoms. The molecular formula is C17F22O3S2. The van der Waals surface area contributed by atoms with Crippen LogP contribution in [0.3, 0.4) is 0 Å². The molecule has 0 spiro atoms. The van der Waals surface area contributed by atoms with Crippen molar-refractivity contribution in [2.45, 2.75) is 48.4 Å². The highest BCUT2D eigenvalue weighted by molar-refractivity contribution is 7.21. The number of rotatable bonds is 9. The molecule has 44 heavy (non-hydrogen) atoms. The number of carbonyl (C=O) groups is 1. The zero-order chi connectivity index (χ0) is 35.0. The van der Waals surface area contributed by atoms with Gasteiger partial charge in [0.25, 0.3) is 0 Å². The monoisotopic (exact) mass is 734 g/mol. The molecule has 0 saturated carbocycles. The third kappa shape index (κ3) is 5.78. The fourth-order valence-electron chi connectivity index (χ4n) is 2.58. The van der Waals surface area contributed by atoms with Crippen LogP contribution in [-0.2, 0) is 9.47 Å². The van der Waals surface area contributed by atoms with E-state index in [1.807, 2.05) is 0 Å². The van der Waals surface area contributed by atoms with Crippen LogP contribution in [0.15, 0.2) is 0 Å². The average Bonchev–Trinajstić information content (AvgIpc) is 3.24. The molecule has 1 unspecified atom stereocenters. The Balaban J connectivity index is 2.83. The Bertz CT molecular complexity index is 1420. The van der Waals surface area contributed by atoms with Crippen molar-refractivity contribution in [3.63, 3.8) is 0 Å². The molecule has 0 N–H and O–H groups in total. The Morgan fingerprint density at radius 2 is 0.932 bits per heavy atom. The topological polar surface area (TPSA) is 35.5 Å². The molecule has 2 rings (SSSR count). The first kappa shape index (κ1) is 37.6. The summed E-state index contributed by atoms with van der Waals surface area (Å²) in [5, 5.41) is -4.97. The van der Waals surface area contributed by atoms with Crippen LogP contribution in [0.25, 0.3) is 9.75 Å². The van der Waals surface area contributed by atoms with Crippen molar-refractivity contribution in [2.75, 3.05) is 0 Å². The lowest BCUT2D eigenvalue weighted by Crippen LogP contribution is -2.68. The molecule has 0 radical (unpaired) electrons. The molecular weight excluding hydrogens is 734 g/mol. The van der Waals surface area contributed by atoms with E-state index in [0.717, 1.165) is 0 Å². The van der Waals surface area contributed by atoms with Crippen LogP contribution in [0.1, 0.15) is 10.4 Å². The van der Waals surface area contributed by atoms with Gasteiger partial charge in [-0.15, -0.1) is 11.3 Å². The molecule has 2 aromatic rings. The van der Waals surface area contributed by atoms with Gasteiger partial charge >= 0.3 is 48.4 Å². The molecule has 0 aliphatic carbocycles. The van der Waals surface area contributed by atoms with Crippen molar-refractivity contribution in [1.82, 2.24) is 0 Å². The van der Waals surface area contributed by atoms with Crippen molar-refractivity contribution in [1.29, 1.82) is 0 Å². The van der Waals surface area contributed by atoms with Crippen LogP contribution in [0.4, 0.5) is 96.6 Å². The van der Waals surface area contributed by atoms with E-state index in [-0.39, 0.29) is 0 Å². The predicted octanol–water partition coefficient (Wildman–Crippen LogP) is 9.23. The molecule has 27 heteroatoms. The molecule has 0 aliphatic rings. The average molecular weight is 734 g/mol. The Labute approximate surface area is 231 Å². The van der Waals surface area contributed by atoms with Gasteiger partial charge in [0.2, 0.25) is 21.9 Å². The Morgan fingerprint density at radius 1 is 0.500 bits per heavy atom. The van der Waals surface area contributed by atoms with Crippen molar-refractivity contribution in [2.24, 2.45) is 0 Å². The second-order valence-corrected chi connectivity index (χ2v) is 9.49. The van der Waals surface area contributed by atoms with E-state index in [0.29, 0.717) is 0 Å². The number of Topliss-reactive ketones (excluding diaryl/α,β-unsaturated/α-hetero) is 1. The van der Waals surface area contributed by atoms with Gasteiger partial charge in [-0.3, -0.25) is 14.3 Å². The highest BCUT2D eigenvalue weighted by atomic mass is 32.1. The molecule has 0 aliphatic heterocycles. The Kier molecular flexibility index (Phi) is 9.21. The second kappa shape index (κ2) is 10.8. The maximum atomic E-state index is 14.9. The number of hydrogen-bond acceptors (Lipinski definition) is 5. The summed E-state index contributed by atoms with van der Waals surface area (Å²) in [5.74, 6) is -36.7. The van der Waals surface area contributed by atoms with Gasteiger partial charge in [-0.05, 0) is 0 Å². The summed E-state index contributed by atoms with van der Waals surface area (Å²) >= 11 is -2.11. The third-order valence-corrected chi connectivity index (χ3v) is 6.70. The summed E-state index contributed by atoms with van der Waals surface area (Å²) < 4.78 is 298. The van der Waals surface area contributed by atoms with Gasteiger partial charge in [-0.2, -0.15) is 87.8 Å². The Hall–Kier alpha value is -2.55. The summed E-state index contributed by atoms with van der Waals surface area (Å²) in [7, 11) is 0. The zero-order valence-corrected chi connectivity index (χ0v) is 20.5. The van der Waals surface area contributed by atoms with E-state index in [4.69, 9.17) is 0 Å². The largest absolute Gasteiger partial charge is 0.462 e. The lowest BCUT2D eigenvalue weighted by Gasteiger charge is -2.40. The van der Waals surface area contributed by atoms with E-state index in [2.05, 4.69) is 0 Å². The third-order valence-electron chi connectivity index (χ3n) is 4.66. The van der Waals surface area contributed by atoms with Gasteiger partial charge in [-0.1, -0.05) is 11.3 Å². The predicted molar refractivity (Wildman–Crippen MR) is 94.6 cm³/mol. The van der Waals surface area contributed by atoms with Gasteiger partial charge in [-0.25, -0.2) is 8.78 Å². The van der Waals surface area contributed by atoms with Crippen LogP contribution < -0.4 is 0 Å². The zero-order valence-electron chi connectivity index (χ0n) is 18.9. The molecule has 0 amide bonds. The van der Waals surface area contributed by atoms with Crippen LogP contribution in [0.5, 0.6) is 0 Å². The van der Waals surface area contributed by atoms with Crippen molar-refractivity contribution in [3.05, 3.63) is 33.3 Å². The SMILES string of the molecule is O=C(c1c(-c2sc(F)c(F)c2F)sc(F)c1F)[C@](F)(OC(F)(F)C(F)(OC(F)(F)C(F)(F)C(F)(F)F)C(F)(F)F)C(F)(F)F. The standard InChI is InChI=1S/C17F22O3S2/c18-2-1(5(43-8(2)21)6-3(19)4(20)9(22)44-6)7(40)10(23,13(27,28)29)41-17(38,39)12(26,15(33,34)35)42-16(36,37)11(24,25)14(30,31)32/t10-,12?/m0/s1. The van der Waals surface area contributed by atoms with E-state index in [9.17, 15) is 101 Å². The molecule has 252 valence electrons. The second-order valence-electron chi connectivity index (χ2n) is 7.55. The van der Waals surface area contributed by atoms with Crippen molar-refractivity contribution in [3.8, 4) is 9.75 Å². The molecule has 0 fully saturated rings.